The Balaban J connectivity index is 1.50. The van der Waals surface area contributed by atoms with Crippen molar-refractivity contribution >= 4 is 16.8 Å². The van der Waals surface area contributed by atoms with Gasteiger partial charge in [0.15, 0.2) is 0 Å². The molecule has 0 aromatic carbocycles. The number of hydrogen-bond acceptors (Lipinski definition) is 6. The second-order valence-electron chi connectivity index (χ2n) is 5.81. The molecule has 3 aromatic rings. The lowest BCUT2D eigenvalue weighted by Crippen LogP contribution is -2.08. The van der Waals surface area contributed by atoms with Gasteiger partial charge in [-0.25, -0.2) is 15.0 Å². The molecule has 6 nitrogen and oxygen atoms in total. The van der Waals surface area contributed by atoms with Crippen molar-refractivity contribution in [1.29, 1.82) is 0 Å². The molecule has 6 heteroatoms. The van der Waals surface area contributed by atoms with Gasteiger partial charge in [0.05, 0.1) is 12.7 Å². The second-order valence-corrected chi connectivity index (χ2v) is 5.81. The molecule has 3 aromatic heterocycles. The number of aromatic nitrogens is 3. The normalized spacial score (nSPS) is 13.6. The quantitative estimate of drug-likeness (QED) is 0.773. The van der Waals surface area contributed by atoms with E-state index in [1.807, 2.05) is 48.9 Å². The molecule has 0 spiro atoms. The van der Waals surface area contributed by atoms with Crippen LogP contribution in [0.15, 0.2) is 53.4 Å². The van der Waals surface area contributed by atoms with E-state index in [-0.39, 0.29) is 0 Å². The van der Waals surface area contributed by atoms with E-state index in [0.29, 0.717) is 17.5 Å². The number of aryl methyl sites for hydroxylation is 2. The molecule has 0 fully saturated rings. The summed E-state index contributed by atoms with van der Waals surface area (Å²) in [5.74, 6) is 1.21. The minimum absolute atomic E-state index is 0.560. The predicted molar refractivity (Wildman–Crippen MR) is 95.1 cm³/mol. The van der Waals surface area contributed by atoms with E-state index >= 15 is 0 Å². The molecule has 0 amide bonds. The lowest BCUT2D eigenvalue weighted by atomic mass is 10.1. The molecule has 0 atom stereocenters. The van der Waals surface area contributed by atoms with Crippen molar-refractivity contribution in [3.63, 3.8) is 0 Å². The van der Waals surface area contributed by atoms with Crippen molar-refractivity contribution < 1.29 is 9.15 Å². The van der Waals surface area contributed by atoms with E-state index in [4.69, 9.17) is 9.15 Å². The van der Waals surface area contributed by atoms with Crippen LogP contribution < -0.4 is 10.1 Å². The van der Waals surface area contributed by atoms with Gasteiger partial charge in [0.25, 0.3) is 0 Å². The van der Waals surface area contributed by atoms with Crippen LogP contribution in [0.4, 0.5) is 0 Å². The second kappa shape index (κ2) is 6.76. The van der Waals surface area contributed by atoms with Gasteiger partial charge in [0.1, 0.15) is 5.52 Å². The highest BCUT2D eigenvalue weighted by Crippen LogP contribution is 2.22. The highest BCUT2D eigenvalue weighted by molar-refractivity contribution is 5.76. The highest BCUT2D eigenvalue weighted by Gasteiger charge is 2.12. The predicted octanol–water partition coefficient (Wildman–Crippen LogP) is 2.91. The maximum Gasteiger partial charge on any atom is 0.247 e. The van der Waals surface area contributed by atoms with Gasteiger partial charge in [-0.1, -0.05) is 18.2 Å². The van der Waals surface area contributed by atoms with Crippen molar-refractivity contribution in [1.82, 2.24) is 20.3 Å². The van der Waals surface area contributed by atoms with Gasteiger partial charge in [-0.15, -0.1) is 0 Å². The topological polar surface area (TPSA) is 73.1 Å². The Morgan fingerprint density at radius 2 is 2.04 bits per heavy atom. The van der Waals surface area contributed by atoms with Crippen LogP contribution in [0.25, 0.3) is 16.8 Å². The van der Waals surface area contributed by atoms with Crippen molar-refractivity contribution in [3.8, 4) is 5.88 Å². The van der Waals surface area contributed by atoms with E-state index in [0.717, 1.165) is 41.6 Å². The van der Waals surface area contributed by atoms with Crippen LogP contribution in [-0.4, -0.2) is 28.6 Å². The Bertz CT molecular complexity index is 942. The van der Waals surface area contributed by atoms with Crippen molar-refractivity contribution in [2.24, 2.45) is 0 Å². The Morgan fingerprint density at radius 3 is 2.80 bits per heavy atom. The average Bonchev–Trinajstić information content (AvgIpc) is 3.11. The summed E-state index contributed by atoms with van der Waals surface area (Å²) in [6, 6.07) is 5.94. The Labute approximate surface area is 145 Å². The number of pyridine rings is 2. The van der Waals surface area contributed by atoms with E-state index < -0.39 is 0 Å². The smallest absolute Gasteiger partial charge is 0.247 e. The molecule has 1 N–H and O–H groups in total. The summed E-state index contributed by atoms with van der Waals surface area (Å²) in [6.07, 6.45) is 11.4. The van der Waals surface area contributed by atoms with Gasteiger partial charge < -0.3 is 14.5 Å². The third-order valence-corrected chi connectivity index (χ3v) is 4.05. The third-order valence-electron chi connectivity index (χ3n) is 4.05. The first-order valence-electron chi connectivity index (χ1n) is 8.17. The molecule has 1 aliphatic heterocycles. The molecule has 4 heterocycles. The molecule has 0 radical (unpaired) electrons. The van der Waals surface area contributed by atoms with Crippen molar-refractivity contribution in [2.45, 2.75) is 12.8 Å². The fourth-order valence-electron chi connectivity index (χ4n) is 2.70. The third kappa shape index (κ3) is 3.38. The Hall–Kier alpha value is -3.15. The van der Waals surface area contributed by atoms with Gasteiger partial charge in [0, 0.05) is 31.2 Å². The number of dihydropyridines is 1. The molecular weight excluding hydrogens is 316 g/mol. The number of hydrogen-bond donors (Lipinski definition) is 1. The number of allylic oxidation sites excluding steroid dienone is 2. The van der Waals surface area contributed by atoms with Crippen molar-refractivity contribution in [3.05, 3.63) is 66.0 Å². The van der Waals surface area contributed by atoms with Crippen LogP contribution in [-0.2, 0) is 12.8 Å². The fourth-order valence-corrected chi connectivity index (χ4v) is 2.70. The monoisotopic (exact) mass is 334 g/mol. The summed E-state index contributed by atoms with van der Waals surface area (Å²) in [7, 11) is 1.62. The molecule has 126 valence electrons. The summed E-state index contributed by atoms with van der Waals surface area (Å²) in [6.45, 7) is 0.826. The number of ether oxygens (including phenoxy) is 1. The number of nitrogens with one attached hydrogen (secondary N) is 1. The molecule has 1 aliphatic rings. The highest BCUT2D eigenvalue weighted by atomic mass is 16.5. The van der Waals surface area contributed by atoms with Gasteiger partial charge in [-0.05, 0) is 30.0 Å². The van der Waals surface area contributed by atoms with Crippen LogP contribution in [0.2, 0.25) is 0 Å². The van der Waals surface area contributed by atoms with Gasteiger partial charge in [-0.3, -0.25) is 0 Å². The Morgan fingerprint density at radius 1 is 1.16 bits per heavy atom. The molecule has 0 saturated carbocycles. The standard InChI is InChI=1S/C19H18N4O2/c1-24-17-7-6-13(10-21-17)4-5-14-9-16-19(22-11-14)25-18(23-16)15-3-2-8-20-12-15/h2-3,6-7,9-12,20H,4-5,8H2,1H3. The maximum absolute atomic E-state index is 5.75. The minimum Gasteiger partial charge on any atom is -0.481 e. The van der Waals surface area contributed by atoms with Crippen LogP contribution >= 0.6 is 0 Å². The molecule has 0 bridgehead atoms. The van der Waals surface area contributed by atoms with Crippen LogP contribution in [0, 0.1) is 0 Å². The summed E-state index contributed by atoms with van der Waals surface area (Å²) in [4.78, 5) is 13.2. The summed E-state index contributed by atoms with van der Waals surface area (Å²) >= 11 is 0. The lowest BCUT2D eigenvalue weighted by molar-refractivity contribution is 0.397. The molecule has 0 unspecified atom stereocenters. The summed E-state index contributed by atoms with van der Waals surface area (Å²) in [5.41, 5.74) is 4.54. The number of oxazole rings is 1. The molecule has 0 saturated heterocycles. The maximum atomic E-state index is 5.75. The zero-order chi connectivity index (χ0) is 17.1. The molecular formula is C19H18N4O2. The number of fused-ring (bicyclic) bond motifs is 1. The van der Waals surface area contributed by atoms with Crippen LogP contribution in [0.5, 0.6) is 5.88 Å². The minimum atomic E-state index is 0.560. The lowest BCUT2D eigenvalue weighted by Gasteiger charge is -2.03. The van der Waals surface area contributed by atoms with E-state index in [9.17, 15) is 0 Å². The zero-order valence-electron chi connectivity index (χ0n) is 13.9. The van der Waals surface area contributed by atoms with Crippen LogP contribution in [0.3, 0.4) is 0 Å². The first kappa shape index (κ1) is 15.4. The number of methoxy groups -OCH3 is 1. The zero-order valence-corrected chi connectivity index (χ0v) is 13.9. The number of nitrogens with zero attached hydrogens (tertiary/aromatic N) is 3. The van der Waals surface area contributed by atoms with Crippen molar-refractivity contribution in [2.75, 3.05) is 13.7 Å². The van der Waals surface area contributed by atoms with E-state index in [2.05, 4.69) is 20.3 Å². The first-order valence-corrected chi connectivity index (χ1v) is 8.17. The molecule has 0 aliphatic carbocycles. The van der Waals surface area contributed by atoms with E-state index in [1.54, 1.807) is 7.11 Å². The summed E-state index contributed by atoms with van der Waals surface area (Å²) in [5, 5.41) is 3.15. The average molecular weight is 334 g/mol. The number of rotatable bonds is 5. The molecule has 25 heavy (non-hydrogen) atoms. The fraction of sp³-hybridized carbons (Fsp3) is 0.211. The molecule has 4 rings (SSSR count). The van der Waals surface area contributed by atoms with Gasteiger partial charge >= 0.3 is 0 Å². The first-order chi connectivity index (χ1) is 12.3. The largest absolute Gasteiger partial charge is 0.481 e. The van der Waals surface area contributed by atoms with Gasteiger partial charge in [-0.2, -0.15) is 0 Å². The Kier molecular flexibility index (Phi) is 4.16. The van der Waals surface area contributed by atoms with Gasteiger partial charge in [0.2, 0.25) is 17.5 Å². The van der Waals surface area contributed by atoms with Crippen LogP contribution in [0.1, 0.15) is 17.0 Å². The summed E-state index contributed by atoms with van der Waals surface area (Å²) < 4.78 is 10.8. The SMILES string of the molecule is COc1ccc(CCc2cnc3oc(C4=CNCC=C4)nc3c2)cn1. The van der Waals surface area contributed by atoms with E-state index in [1.165, 1.54) is 0 Å².